The summed E-state index contributed by atoms with van der Waals surface area (Å²) in [5.74, 6) is 1.23. The van der Waals surface area contributed by atoms with Gasteiger partial charge in [0.25, 0.3) is 5.91 Å². The normalized spacial score (nSPS) is 17.4. The molecule has 25 heavy (non-hydrogen) atoms. The lowest BCUT2D eigenvalue weighted by Crippen LogP contribution is -2.39. The number of aromatic nitrogens is 2. The summed E-state index contributed by atoms with van der Waals surface area (Å²) in [4.78, 5) is 32.6. The van der Waals surface area contributed by atoms with E-state index in [0.29, 0.717) is 18.0 Å². The summed E-state index contributed by atoms with van der Waals surface area (Å²) in [6, 6.07) is 7.20. The lowest BCUT2D eigenvalue weighted by Gasteiger charge is -2.33. The van der Waals surface area contributed by atoms with Gasteiger partial charge < -0.3 is 14.4 Å². The number of likely N-dealkylation sites (tertiary alicyclic amines) is 1. The Balaban J connectivity index is 1.78. The molecular weight excluding hydrogens is 316 g/mol. The fraction of sp³-hybridized carbons (Fsp3) is 0.421. The van der Waals surface area contributed by atoms with Crippen LogP contribution in [0.5, 0.6) is 0 Å². The van der Waals surface area contributed by atoms with Gasteiger partial charge in [0.05, 0.1) is 5.56 Å². The third-order valence-corrected chi connectivity index (χ3v) is 4.74. The number of hydrogen-bond acceptors (Lipinski definition) is 4. The molecule has 6 nitrogen and oxygen atoms in total. The van der Waals surface area contributed by atoms with Crippen molar-refractivity contribution in [3.8, 4) is 0 Å². The second-order valence-electron chi connectivity index (χ2n) is 6.80. The molecule has 3 rings (SSSR count). The zero-order valence-corrected chi connectivity index (χ0v) is 15.0. The number of aryl methyl sites for hydroxylation is 1. The van der Waals surface area contributed by atoms with E-state index in [1.165, 1.54) is 16.2 Å². The molecule has 1 unspecified atom stereocenters. The molecule has 2 aromatic heterocycles. The van der Waals surface area contributed by atoms with Crippen LogP contribution in [-0.2, 0) is 7.05 Å². The van der Waals surface area contributed by atoms with Gasteiger partial charge in [0, 0.05) is 58.6 Å². The lowest BCUT2D eigenvalue weighted by atomic mass is 9.91. The van der Waals surface area contributed by atoms with Crippen molar-refractivity contribution in [1.29, 1.82) is 0 Å². The van der Waals surface area contributed by atoms with Gasteiger partial charge in [-0.05, 0) is 36.6 Å². The van der Waals surface area contributed by atoms with Crippen molar-refractivity contribution < 1.29 is 4.79 Å². The number of carbonyl (C=O) groups excluding carboxylic acids is 1. The molecular formula is C19H24N4O2. The maximum absolute atomic E-state index is 12.8. The number of pyridine rings is 2. The number of piperidine rings is 1. The molecule has 0 aromatic carbocycles. The molecule has 132 valence electrons. The number of amides is 1. The number of rotatable bonds is 3. The predicted octanol–water partition coefficient (Wildman–Crippen LogP) is 1.87. The molecule has 3 heterocycles. The molecule has 0 bridgehead atoms. The topological polar surface area (TPSA) is 58.4 Å². The van der Waals surface area contributed by atoms with E-state index in [2.05, 4.69) is 11.1 Å². The van der Waals surface area contributed by atoms with Gasteiger partial charge >= 0.3 is 0 Å². The van der Waals surface area contributed by atoms with E-state index < -0.39 is 0 Å². The maximum atomic E-state index is 12.8. The Bertz CT molecular complexity index is 828. The van der Waals surface area contributed by atoms with Crippen molar-refractivity contribution in [1.82, 2.24) is 14.5 Å². The second kappa shape index (κ2) is 7.09. The average molecular weight is 340 g/mol. The van der Waals surface area contributed by atoms with E-state index in [1.807, 2.05) is 36.2 Å². The molecule has 1 aliphatic heterocycles. The first kappa shape index (κ1) is 17.2. The molecule has 0 spiro atoms. The van der Waals surface area contributed by atoms with Crippen LogP contribution in [0.15, 0.2) is 41.5 Å². The van der Waals surface area contributed by atoms with Crippen LogP contribution in [0.3, 0.4) is 0 Å². The third kappa shape index (κ3) is 3.73. The largest absolute Gasteiger partial charge is 0.363 e. The summed E-state index contributed by atoms with van der Waals surface area (Å²) in [7, 11) is 5.61. The molecule has 1 saturated heterocycles. The first-order valence-electron chi connectivity index (χ1n) is 8.55. The quantitative estimate of drug-likeness (QED) is 0.856. The Hall–Kier alpha value is -2.63. The summed E-state index contributed by atoms with van der Waals surface area (Å²) in [5, 5.41) is 0. The minimum atomic E-state index is -0.110. The highest BCUT2D eigenvalue weighted by Gasteiger charge is 2.26. The molecule has 0 aliphatic carbocycles. The van der Waals surface area contributed by atoms with Crippen molar-refractivity contribution in [3.63, 3.8) is 0 Å². The fourth-order valence-corrected chi connectivity index (χ4v) is 3.27. The van der Waals surface area contributed by atoms with E-state index in [4.69, 9.17) is 0 Å². The highest BCUT2D eigenvalue weighted by molar-refractivity contribution is 5.94. The fourth-order valence-electron chi connectivity index (χ4n) is 3.27. The summed E-state index contributed by atoms with van der Waals surface area (Å²) < 4.78 is 1.45. The Kier molecular flexibility index (Phi) is 4.88. The van der Waals surface area contributed by atoms with Crippen LogP contribution in [-0.4, -0.2) is 47.5 Å². The predicted molar refractivity (Wildman–Crippen MR) is 98.1 cm³/mol. The van der Waals surface area contributed by atoms with Gasteiger partial charge in [0.15, 0.2) is 0 Å². The smallest absolute Gasteiger partial charge is 0.255 e. The molecule has 0 N–H and O–H groups in total. The molecule has 1 fully saturated rings. The highest BCUT2D eigenvalue weighted by Crippen LogP contribution is 2.29. The molecule has 2 aromatic rings. The minimum Gasteiger partial charge on any atom is -0.363 e. The highest BCUT2D eigenvalue weighted by atomic mass is 16.2. The van der Waals surface area contributed by atoms with Gasteiger partial charge in [-0.1, -0.05) is 0 Å². The SMILES string of the molecule is CN(C)c1cc(C2CCCN(C(=O)c3ccc(=O)n(C)c3)C2)ccn1. The number of anilines is 1. The molecule has 1 amide bonds. The summed E-state index contributed by atoms with van der Waals surface area (Å²) in [6.45, 7) is 1.45. The Morgan fingerprint density at radius 3 is 2.80 bits per heavy atom. The van der Waals surface area contributed by atoms with E-state index in [1.54, 1.807) is 19.3 Å². The van der Waals surface area contributed by atoms with Crippen LogP contribution < -0.4 is 10.5 Å². The lowest BCUT2D eigenvalue weighted by molar-refractivity contribution is 0.0706. The van der Waals surface area contributed by atoms with Gasteiger partial charge in [-0.3, -0.25) is 9.59 Å². The summed E-state index contributed by atoms with van der Waals surface area (Å²) in [5.41, 5.74) is 1.67. The van der Waals surface area contributed by atoms with Crippen LogP contribution in [0.2, 0.25) is 0 Å². The summed E-state index contributed by atoms with van der Waals surface area (Å²) in [6.07, 6.45) is 5.49. The Morgan fingerprint density at radius 1 is 1.28 bits per heavy atom. The Labute approximate surface area is 147 Å². The van der Waals surface area contributed by atoms with Crippen LogP contribution in [0.25, 0.3) is 0 Å². The first-order valence-corrected chi connectivity index (χ1v) is 8.55. The third-order valence-electron chi connectivity index (χ3n) is 4.74. The van der Waals surface area contributed by atoms with Crippen molar-refractivity contribution in [3.05, 3.63) is 58.1 Å². The number of hydrogen-bond donors (Lipinski definition) is 0. The van der Waals surface area contributed by atoms with E-state index in [9.17, 15) is 9.59 Å². The van der Waals surface area contributed by atoms with Gasteiger partial charge in [-0.25, -0.2) is 4.98 Å². The average Bonchev–Trinajstić information content (AvgIpc) is 2.63. The molecule has 1 atom stereocenters. The van der Waals surface area contributed by atoms with E-state index in [0.717, 1.165) is 25.2 Å². The van der Waals surface area contributed by atoms with E-state index in [-0.39, 0.29) is 11.5 Å². The van der Waals surface area contributed by atoms with Gasteiger partial charge in [0.1, 0.15) is 5.82 Å². The van der Waals surface area contributed by atoms with Crippen molar-refractivity contribution in [2.24, 2.45) is 7.05 Å². The summed E-state index contributed by atoms with van der Waals surface area (Å²) >= 11 is 0. The maximum Gasteiger partial charge on any atom is 0.255 e. The van der Waals surface area contributed by atoms with Crippen LogP contribution in [0.1, 0.15) is 34.7 Å². The minimum absolute atomic E-state index is 0.0119. The molecule has 6 heteroatoms. The second-order valence-corrected chi connectivity index (χ2v) is 6.80. The van der Waals surface area contributed by atoms with Gasteiger partial charge in [-0.15, -0.1) is 0 Å². The van der Waals surface area contributed by atoms with Crippen LogP contribution >= 0.6 is 0 Å². The van der Waals surface area contributed by atoms with Crippen molar-refractivity contribution in [2.45, 2.75) is 18.8 Å². The zero-order chi connectivity index (χ0) is 18.0. The van der Waals surface area contributed by atoms with Crippen LogP contribution in [0, 0.1) is 0 Å². The zero-order valence-electron chi connectivity index (χ0n) is 15.0. The molecule has 0 radical (unpaired) electrons. The number of nitrogens with zero attached hydrogens (tertiary/aromatic N) is 4. The van der Waals surface area contributed by atoms with E-state index >= 15 is 0 Å². The first-order chi connectivity index (χ1) is 12.0. The molecule has 1 aliphatic rings. The number of carbonyl (C=O) groups is 1. The van der Waals surface area contributed by atoms with Gasteiger partial charge in [0.2, 0.25) is 5.56 Å². The van der Waals surface area contributed by atoms with Crippen molar-refractivity contribution in [2.75, 3.05) is 32.1 Å². The standard InChI is InChI=1S/C19H24N4O2/c1-21(2)17-11-14(8-9-20-17)15-5-4-10-23(13-15)19(25)16-6-7-18(24)22(3)12-16/h6-9,11-12,15H,4-5,10,13H2,1-3H3. The monoisotopic (exact) mass is 340 g/mol. The van der Waals surface area contributed by atoms with Crippen LogP contribution in [0.4, 0.5) is 5.82 Å². The Morgan fingerprint density at radius 2 is 2.08 bits per heavy atom. The van der Waals surface area contributed by atoms with Gasteiger partial charge in [-0.2, -0.15) is 0 Å². The van der Waals surface area contributed by atoms with Crippen molar-refractivity contribution >= 4 is 11.7 Å². The molecule has 0 saturated carbocycles.